The second kappa shape index (κ2) is 5.16. The highest BCUT2D eigenvalue weighted by Crippen LogP contribution is 2.17. The fourth-order valence-electron chi connectivity index (χ4n) is 1.98. The lowest BCUT2D eigenvalue weighted by Crippen LogP contribution is -2.02. The van der Waals surface area contributed by atoms with Crippen molar-refractivity contribution >= 4 is 17.0 Å². The number of nitrogens with zero attached hydrogens (tertiary/aromatic N) is 3. The van der Waals surface area contributed by atoms with Crippen LogP contribution in [0.1, 0.15) is 37.0 Å². The van der Waals surface area contributed by atoms with E-state index in [1.165, 1.54) is 0 Å². The van der Waals surface area contributed by atoms with Gasteiger partial charge in [-0.2, -0.15) is 0 Å². The summed E-state index contributed by atoms with van der Waals surface area (Å²) >= 11 is 0. The predicted octanol–water partition coefficient (Wildman–Crippen LogP) is 2.57. The van der Waals surface area contributed by atoms with Crippen molar-refractivity contribution in [3.8, 4) is 0 Å². The Morgan fingerprint density at radius 3 is 2.89 bits per heavy atom. The monoisotopic (exact) mass is 247 g/mol. The molecule has 18 heavy (non-hydrogen) atoms. The third kappa shape index (κ3) is 2.50. The zero-order chi connectivity index (χ0) is 13.1. The molecule has 5 heteroatoms. The highest BCUT2D eigenvalue weighted by atomic mass is 16.4. The van der Waals surface area contributed by atoms with Crippen molar-refractivity contribution in [2.45, 2.75) is 33.2 Å². The maximum absolute atomic E-state index is 11.1. The molecule has 0 saturated heterocycles. The fourth-order valence-corrected chi connectivity index (χ4v) is 1.98. The summed E-state index contributed by atoms with van der Waals surface area (Å²) in [6.07, 6.45) is 2.15. The second-order valence-corrected chi connectivity index (χ2v) is 4.83. The van der Waals surface area contributed by atoms with Gasteiger partial charge in [0.15, 0.2) is 0 Å². The highest BCUT2D eigenvalue weighted by molar-refractivity contribution is 6.00. The molecule has 5 nitrogen and oxygen atoms in total. The molecule has 0 aliphatic carbocycles. The van der Waals surface area contributed by atoms with Gasteiger partial charge >= 0.3 is 5.97 Å². The van der Waals surface area contributed by atoms with E-state index in [4.69, 9.17) is 5.11 Å². The first-order valence-corrected chi connectivity index (χ1v) is 6.15. The molecular formula is C13H17N3O2. The number of benzene rings is 1. The average molecular weight is 247 g/mol. The summed E-state index contributed by atoms with van der Waals surface area (Å²) in [4.78, 5) is 11.1. The summed E-state index contributed by atoms with van der Waals surface area (Å²) in [5.74, 6) is -0.302. The van der Waals surface area contributed by atoms with Gasteiger partial charge in [-0.3, -0.25) is 0 Å². The second-order valence-electron chi connectivity index (χ2n) is 4.83. The molecule has 2 rings (SSSR count). The fraction of sp³-hybridized carbons (Fsp3) is 0.462. The van der Waals surface area contributed by atoms with Gasteiger partial charge in [-0.15, -0.1) is 5.10 Å². The third-order valence-electron chi connectivity index (χ3n) is 2.93. The molecule has 0 saturated carbocycles. The molecule has 0 aliphatic heterocycles. The maximum atomic E-state index is 11.1. The Morgan fingerprint density at radius 2 is 2.22 bits per heavy atom. The lowest BCUT2D eigenvalue weighted by atomic mass is 10.1. The van der Waals surface area contributed by atoms with Crippen LogP contribution in [-0.4, -0.2) is 26.1 Å². The summed E-state index contributed by atoms with van der Waals surface area (Å²) in [5, 5.41) is 17.1. The van der Waals surface area contributed by atoms with Gasteiger partial charge in [0.25, 0.3) is 0 Å². The molecule has 96 valence electrons. The van der Waals surface area contributed by atoms with Gasteiger partial charge in [0.2, 0.25) is 0 Å². The molecule has 0 fully saturated rings. The van der Waals surface area contributed by atoms with E-state index in [1.54, 1.807) is 16.8 Å². The first-order valence-electron chi connectivity index (χ1n) is 6.15. The van der Waals surface area contributed by atoms with Crippen LogP contribution in [0.25, 0.3) is 11.0 Å². The lowest BCUT2D eigenvalue weighted by molar-refractivity contribution is 0.0699. The normalized spacial score (nSPS) is 11.3. The number of rotatable bonds is 5. The van der Waals surface area contributed by atoms with Crippen LogP contribution in [0, 0.1) is 5.92 Å². The van der Waals surface area contributed by atoms with Crippen molar-refractivity contribution in [2.24, 2.45) is 5.92 Å². The number of aromatic carboxylic acids is 1. The minimum atomic E-state index is -0.963. The predicted molar refractivity (Wildman–Crippen MR) is 68.6 cm³/mol. The van der Waals surface area contributed by atoms with Crippen LogP contribution in [0.3, 0.4) is 0 Å². The number of hydrogen-bond acceptors (Lipinski definition) is 3. The number of carbonyl (C=O) groups is 1. The van der Waals surface area contributed by atoms with Crippen molar-refractivity contribution in [3.63, 3.8) is 0 Å². The molecule has 0 bridgehead atoms. The Kier molecular flexibility index (Phi) is 3.60. The van der Waals surface area contributed by atoms with Crippen LogP contribution in [0.15, 0.2) is 18.2 Å². The molecule has 1 aromatic heterocycles. The summed E-state index contributed by atoms with van der Waals surface area (Å²) < 4.78 is 1.78. The topological polar surface area (TPSA) is 68.0 Å². The Balaban J connectivity index is 2.26. The van der Waals surface area contributed by atoms with Crippen LogP contribution in [0.2, 0.25) is 0 Å². The molecule has 2 aromatic rings. The number of aromatic nitrogens is 3. The van der Waals surface area contributed by atoms with Crippen molar-refractivity contribution < 1.29 is 9.90 Å². The van der Waals surface area contributed by atoms with Crippen molar-refractivity contribution in [1.82, 2.24) is 15.0 Å². The average Bonchev–Trinajstić information content (AvgIpc) is 2.72. The maximum Gasteiger partial charge on any atom is 0.338 e. The van der Waals surface area contributed by atoms with Gasteiger partial charge in [0, 0.05) is 6.54 Å². The minimum Gasteiger partial charge on any atom is -0.478 e. The smallest absolute Gasteiger partial charge is 0.338 e. The van der Waals surface area contributed by atoms with Crippen LogP contribution in [0.4, 0.5) is 0 Å². The summed E-state index contributed by atoms with van der Waals surface area (Å²) in [7, 11) is 0. The van der Waals surface area contributed by atoms with Gasteiger partial charge in [0.1, 0.15) is 5.52 Å². The van der Waals surface area contributed by atoms with E-state index in [9.17, 15) is 4.79 Å². The molecule has 1 heterocycles. The molecule has 0 radical (unpaired) electrons. The third-order valence-corrected chi connectivity index (χ3v) is 2.93. The molecule has 0 unspecified atom stereocenters. The first kappa shape index (κ1) is 12.5. The summed E-state index contributed by atoms with van der Waals surface area (Å²) in [6, 6.07) is 5.14. The van der Waals surface area contributed by atoms with E-state index in [1.807, 2.05) is 6.07 Å². The van der Waals surface area contributed by atoms with E-state index in [0.29, 0.717) is 11.4 Å². The zero-order valence-electron chi connectivity index (χ0n) is 10.6. The highest BCUT2D eigenvalue weighted by Gasteiger charge is 2.13. The standard InChI is InChI=1S/C13H17N3O2/c1-9(2)5-4-8-16-11-7-3-6-10(13(17)18)12(11)14-15-16/h3,6-7,9H,4-5,8H2,1-2H3,(H,17,18). The van der Waals surface area contributed by atoms with Crippen LogP contribution < -0.4 is 0 Å². The van der Waals surface area contributed by atoms with Crippen molar-refractivity contribution in [2.75, 3.05) is 0 Å². The van der Waals surface area contributed by atoms with Crippen LogP contribution in [-0.2, 0) is 6.54 Å². The van der Waals surface area contributed by atoms with Crippen molar-refractivity contribution in [1.29, 1.82) is 0 Å². The number of carboxylic acids is 1. The van der Waals surface area contributed by atoms with E-state index in [-0.39, 0.29) is 5.56 Å². The van der Waals surface area contributed by atoms with E-state index in [2.05, 4.69) is 24.2 Å². The van der Waals surface area contributed by atoms with Gasteiger partial charge in [-0.1, -0.05) is 25.1 Å². The van der Waals surface area contributed by atoms with Gasteiger partial charge in [-0.05, 0) is 30.9 Å². The first-order chi connectivity index (χ1) is 8.59. The van der Waals surface area contributed by atoms with Crippen LogP contribution in [0.5, 0.6) is 0 Å². The quantitative estimate of drug-likeness (QED) is 0.881. The molecule has 0 spiro atoms. The number of aryl methyl sites for hydroxylation is 1. The summed E-state index contributed by atoms with van der Waals surface area (Å²) in [6.45, 7) is 5.14. The molecular weight excluding hydrogens is 230 g/mol. The zero-order valence-corrected chi connectivity index (χ0v) is 10.6. The number of fused-ring (bicyclic) bond motifs is 1. The van der Waals surface area contributed by atoms with E-state index < -0.39 is 5.97 Å². The summed E-state index contributed by atoms with van der Waals surface area (Å²) in [5.41, 5.74) is 1.47. The van der Waals surface area contributed by atoms with Gasteiger partial charge in [-0.25, -0.2) is 9.48 Å². The number of hydrogen-bond donors (Lipinski definition) is 1. The van der Waals surface area contributed by atoms with Gasteiger partial charge < -0.3 is 5.11 Å². The Morgan fingerprint density at radius 1 is 1.44 bits per heavy atom. The minimum absolute atomic E-state index is 0.211. The molecule has 1 N–H and O–H groups in total. The van der Waals surface area contributed by atoms with Gasteiger partial charge in [0.05, 0.1) is 11.1 Å². The SMILES string of the molecule is CC(C)CCCn1nnc2c(C(=O)O)cccc21. The number of carboxylic acid groups (broad SMARTS) is 1. The largest absolute Gasteiger partial charge is 0.478 e. The molecule has 0 amide bonds. The Bertz CT molecular complexity index is 560. The van der Waals surface area contributed by atoms with E-state index in [0.717, 1.165) is 24.9 Å². The molecule has 0 aliphatic rings. The molecule has 0 atom stereocenters. The van der Waals surface area contributed by atoms with E-state index >= 15 is 0 Å². The lowest BCUT2D eigenvalue weighted by Gasteiger charge is -2.05. The Hall–Kier alpha value is -1.91. The molecule has 1 aromatic carbocycles. The Labute approximate surface area is 105 Å². The van der Waals surface area contributed by atoms with Crippen LogP contribution >= 0.6 is 0 Å². The van der Waals surface area contributed by atoms with Crippen molar-refractivity contribution in [3.05, 3.63) is 23.8 Å².